The summed E-state index contributed by atoms with van der Waals surface area (Å²) in [6.45, 7) is 11.8. The van der Waals surface area contributed by atoms with E-state index in [0.717, 1.165) is 10.8 Å². The van der Waals surface area contributed by atoms with E-state index in [0.29, 0.717) is 23.7 Å². The first-order valence-corrected chi connectivity index (χ1v) is 9.12. The van der Waals surface area contributed by atoms with Crippen molar-refractivity contribution in [2.24, 2.45) is 5.92 Å². The maximum atomic E-state index is 12.2. The van der Waals surface area contributed by atoms with E-state index in [4.69, 9.17) is 9.47 Å². The zero-order valence-electron chi connectivity index (χ0n) is 15.8. The number of hydrogen-bond acceptors (Lipinski definition) is 4. The minimum atomic E-state index is -0.809. The third kappa shape index (κ3) is 7.90. The van der Waals surface area contributed by atoms with Gasteiger partial charge in [-0.2, -0.15) is 0 Å². The Kier molecular flexibility index (Phi) is 7.47. The summed E-state index contributed by atoms with van der Waals surface area (Å²) in [5.41, 5.74) is -0.746. The van der Waals surface area contributed by atoms with Gasteiger partial charge in [0.15, 0.2) is 6.29 Å². The number of carbonyl (C=O) groups excluding carboxylic acids is 2. The quantitative estimate of drug-likeness (QED) is 0.640. The molecule has 1 N–H and O–H groups in total. The first kappa shape index (κ1) is 21.5. The van der Waals surface area contributed by atoms with E-state index in [2.05, 4.69) is 35.1 Å². The molecule has 1 aromatic carbocycles. The molecule has 6 heteroatoms. The van der Waals surface area contributed by atoms with Crippen LogP contribution in [0.15, 0.2) is 22.7 Å². The third-order valence-corrected chi connectivity index (χ3v) is 3.78. The van der Waals surface area contributed by atoms with Gasteiger partial charge in [0, 0.05) is 10.0 Å². The van der Waals surface area contributed by atoms with Crippen LogP contribution in [0.5, 0.6) is 5.75 Å². The molecule has 1 amide bonds. The van der Waals surface area contributed by atoms with Crippen molar-refractivity contribution in [3.8, 4) is 5.75 Å². The molecule has 1 rings (SSSR count). The highest BCUT2D eigenvalue weighted by molar-refractivity contribution is 9.10. The second-order valence-corrected chi connectivity index (χ2v) is 8.82. The molecule has 0 saturated heterocycles. The second kappa shape index (κ2) is 8.70. The summed E-state index contributed by atoms with van der Waals surface area (Å²) in [6, 6.07) is 5.21. The largest absolute Gasteiger partial charge is 0.489 e. The fourth-order valence-corrected chi connectivity index (χ4v) is 2.90. The molecule has 0 fully saturated rings. The highest BCUT2D eigenvalue weighted by atomic mass is 79.9. The van der Waals surface area contributed by atoms with Gasteiger partial charge in [-0.15, -0.1) is 0 Å². The van der Waals surface area contributed by atoms with Crippen LogP contribution in [-0.4, -0.2) is 30.1 Å². The van der Waals surface area contributed by atoms with Gasteiger partial charge in [0.05, 0.1) is 5.56 Å². The molecule has 0 spiro atoms. The maximum absolute atomic E-state index is 12.2. The smallest absolute Gasteiger partial charge is 0.408 e. The lowest BCUT2D eigenvalue weighted by molar-refractivity contribution is -0.0251. The van der Waals surface area contributed by atoms with Crippen molar-refractivity contribution in [2.45, 2.75) is 59.1 Å². The van der Waals surface area contributed by atoms with Gasteiger partial charge < -0.3 is 14.8 Å². The van der Waals surface area contributed by atoms with Crippen LogP contribution in [0.25, 0.3) is 0 Å². The van der Waals surface area contributed by atoms with Gasteiger partial charge in [-0.1, -0.05) is 29.8 Å². The lowest BCUT2D eigenvalue weighted by atomic mass is 9.95. The molecule has 0 heterocycles. The first-order valence-electron chi connectivity index (χ1n) is 8.33. The van der Waals surface area contributed by atoms with Gasteiger partial charge in [-0.05, 0) is 58.2 Å². The number of carbonyl (C=O) groups is 2. The Bertz CT molecular complexity index is 610. The maximum Gasteiger partial charge on any atom is 0.408 e. The van der Waals surface area contributed by atoms with Gasteiger partial charge in [0.25, 0.3) is 0 Å². The minimum Gasteiger partial charge on any atom is -0.489 e. The number of amides is 1. The molecule has 25 heavy (non-hydrogen) atoms. The number of aldehydes is 1. The molecule has 0 saturated carbocycles. The van der Waals surface area contributed by atoms with Crippen molar-refractivity contribution in [3.05, 3.63) is 28.2 Å². The summed E-state index contributed by atoms with van der Waals surface area (Å²) in [6.07, 6.45) is 0.899. The van der Waals surface area contributed by atoms with E-state index < -0.39 is 11.7 Å². The fraction of sp³-hybridized carbons (Fsp3) is 0.579. The molecule has 0 unspecified atom stereocenters. The molecule has 140 valence electrons. The predicted molar refractivity (Wildman–Crippen MR) is 102 cm³/mol. The molecular formula is C19H28BrNO4. The number of ether oxygens (including phenoxy) is 2. The van der Waals surface area contributed by atoms with Crippen LogP contribution in [0, 0.1) is 5.92 Å². The van der Waals surface area contributed by atoms with Crippen LogP contribution in [0.4, 0.5) is 4.79 Å². The summed E-state index contributed by atoms with van der Waals surface area (Å²) in [5, 5.41) is 2.80. The van der Waals surface area contributed by atoms with Crippen LogP contribution < -0.4 is 10.1 Å². The molecule has 1 aromatic rings. The molecule has 0 bridgehead atoms. The molecule has 0 aliphatic heterocycles. The SMILES string of the molecule is CC(C)C[C@@](C)(COc1ccc(Br)cc1C=O)OC(=O)NC(C)(C)C. The molecule has 5 nitrogen and oxygen atoms in total. The average molecular weight is 414 g/mol. The van der Waals surface area contributed by atoms with Crippen molar-refractivity contribution < 1.29 is 19.1 Å². The van der Waals surface area contributed by atoms with Crippen LogP contribution in [0.2, 0.25) is 0 Å². The Morgan fingerprint density at radius 3 is 2.44 bits per heavy atom. The Balaban J connectivity index is 2.88. The molecule has 0 aliphatic rings. The van der Waals surface area contributed by atoms with Gasteiger partial charge in [0.2, 0.25) is 0 Å². The van der Waals surface area contributed by atoms with Gasteiger partial charge in [0.1, 0.15) is 18.0 Å². The van der Waals surface area contributed by atoms with Crippen molar-refractivity contribution in [1.82, 2.24) is 5.32 Å². The molecular weight excluding hydrogens is 386 g/mol. The van der Waals surface area contributed by atoms with Crippen LogP contribution >= 0.6 is 15.9 Å². The van der Waals surface area contributed by atoms with E-state index >= 15 is 0 Å². The summed E-state index contributed by atoms with van der Waals surface area (Å²) < 4.78 is 12.3. The normalized spacial score (nSPS) is 13.9. The first-order chi connectivity index (χ1) is 11.4. The number of rotatable bonds is 7. The Morgan fingerprint density at radius 1 is 1.28 bits per heavy atom. The summed E-state index contributed by atoms with van der Waals surface area (Å²) >= 11 is 3.33. The zero-order valence-corrected chi connectivity index (χ0v) is 17.4. The van der Waals surface area contributed by atoms with Gasteiger partial charge in [-0.3, -0.25) is 4.79 Å². The number of alkyl carbamates (subject to hydrolysis) is 1. The van der Waals surface area contributed by atoms with Crippen molar-refractivity contribution in [2.75, 3.05) is 6.61 Å². The topological polar surface area (TPSA) is 64.6 Å². The number of hydrogen-bond donors (Lipinski definition) is 1. The lowest BCUT2D eigenvalue weighted by Crippen LogP contribution is -2.47. The summed E-state index contributed by atoms with van der Waals surface area (Å²) in [5.74, 6) is 0.777. The van der Waals surface area contributed by atoms with Crippen LogP contribution in [0.3, 0.4) is 0 Å². The zero-order chi connectivity index (χ0) is 19.3. The lowest BCUT2D eigenvalue weighted by Gasteiger charge is -2.32. The minimum absolute atomic E-state index is 0.158. The van der Waals surface area contributed by atoms with Crippen molar-refractivity contribution in [1.29, 1.82) is 0 Å². The number of benzene rings is 1. The number of halogens is 1. The molecule has 0 radical (unpaired) electrons. The standard InChI is InChI=1S/C19H28BrNO4/c1-13(2)10-19(6,25-17(23)21-18(3,4)5)12-24-16-8-7-15(20)9-14(16)11-22/h7-9,11,13H,10,12H2,1-6H3,(H,21,23)/t19-/m0/s1. The Labute approximate surface area is 158 Å². The van der Waals surface area contributed by atoms with E-state index in [1.165, 1.54) is 0 Å². The molecule has 1 atom stereocenters. The summed E-state index contributed by atoms with van der Waals surface area (Å²) in [4.78, 5) is 23.4. The summed E-state index contributed by atoms with van der Waals surface area (Å²) in [7, 11) is 0. The van der Waals surface area contributed by atoms with Gasteiger partial charge in [-0.25, -0.2) is 4.79 Å². The average Bonchev–Trinajstić information content (AvgIpc) is 2.42. The third-order valence-electron chi connectivity index (χ3n) is 3.29. The molecule has 0 aromatic heterocycles. The highest BCUT2D eigenvalue weighted by Crippen LogP contribution is 2.26. The molecule has 0 aliphatic carbocycles. The monoisotopic (exact) mass is 413 g/mol. The highest BCUT2D eigenvalue weighted by Gasteiger charge is 2.32. The van der Waals surface area contributed by atoms with E-state index in [-0.39, 0.29) is 12.1 Å². The van der Waals surface area contributed by atoms with E-state index in [9.17, 15) is 9.59 Å². The Hall–Kier alpha value is -1.56. The van der Waals surface area contributed by atoms with Crippen LogP contribution in [-0.2, 0) is 4.74 Å². The van der Waals surface area contributed by atoms with Crippen molar-refractivity contribution >= 4 is 28.3 Å². The van der Waals surface area contributed by atoms with Crippen molar-refractivity contribution in [3.63, 3.8) is 0 Å². The number of nitrogens with one attached hydrogen (secondary N) is 1. The van der Waals surface area contributed by atoms with E-state index in [1.54, 1.807) is 18.2 Å². The van der Waals surface area contributed by atoms with Crippen LogP contribution in [0.1, 0.15) is 58.3 Å². The predicted octanol–water partition coefficient (Wildman–Crippen LogP) is 4.97. The second-order valence-electron chi connectivity index (χ2n) is 7.90. The van der Waals surface area contributed by atoms with E-state index in [1.807, 2.05) is 27.7 Å². The fourth-order valence-electron chi connectivity index (χ4n) is 2.52. The Morgan fingerprint density at radius 2 is 1.92 bits per heavy atom. The van der Waals surface area contributed by atoms with Gasteiger partial charge >= 0.3 is 6.09 Å².